The van der Waals surface area contributed by atoms with Gasteiger partial charge in [0.15, 0.2) is 6.61 Å². The van der Waals surface area contributed by atoms with Gasteiger partial charge >= 0.3 is 5.97 Å². The summed E-state index contributed by atoms with van der Waals surface area (Å²) in [6, 6.07) is 24.2. The van der Waals surface area contributed by atoms with Crippen molar-refractivity contribution in [2.24, 2.45) is 0 Å². The molecule has 2 N–H and O–H groups in total. The molecule has 1 amide bonds. The minimum atomic E-state index is -1.04. The lowest BCUT2D eigenvalue weighted by Crippen LogP contribution is -2.20. The predicted molar refractivity (Wildman–Crippen MR) is 113 cm³/mol. The van der Waals surface area contributed by atoms with Gasteiger partial charge in [-0.15, -0.1) is 0 Å². The van der Waals surface area contributed by atoms with Crippen LogP contribution in [0.2, 0.25) is 0 Å². The fraction of sp³-hybridized carbons (Fsp3) is 0.167. The summed E-state index contributed by atoms with van der Waals surface area (Å²) < 4.78 is 5.53. The maximum absolute atomic E-state index is 12.1. The number of anilines is 1. The second-order valence-electron chi connectivity index (χ2n) is 6.88. The maximum atomic E-state index is 12.1. The molecule has 3 aromatic carbocycles. The van der Waals surface area contributed by atoms with Gasteiger partial charge in [0, 0.05) is 5.69 Å². The molecule has 3 aromatic rings. The van der Waals surface area contributed by atoms with Gasteiger partial charge in [-0.2, -0.15) is 0 Å². The van der Waals surface area contributed by atoms with Crippen LogP contribution in [0.4, 0.5) is 5.69 Å². The molecule has 0 aliphatic rings. The topological polar surface area (TPSA) is 75.6 Å². The highest BCUT2D eigenvalue weighted by atomic mass is 16.5. The van der Waals surface area contributed by atoms with Crippen molar-refractivity contribution in [3.05, 3.63) is 95.6 Å². The van der Waals surface area contributed by atoms with Crippen molar-refractivity contribution in [3.63, 3.8) is 0 Å². The third-order valence-corrected chi connectivity index (χ3v) is 4.60. The van der Waals surface area contributed by atoms with E-state index in [1.807, 2.05) is 42.5 Å². The number of hydrogen-bond acceptors (Lipinski definition) is 3. The van der Waals surface area contributed by atoms with Crippen LogP contribution in [0.3, 0.4) is 0 Å². The van der Waals surface area contributed by atoms with Crippen molar-refractivity contribution < 1.29 is 19.4 Å². The first-order chi connectivity index (χ1) is 14.0. The molecule has 0 bridgehead atoms. The number of carboxylic acid groups (broad SMARTS) is 1. The summed E-state index contributed by atoms with van der Waals surface area (Å²) in [5.41, 5.74) is 3.04. The SMILES string of the molecule is CC(Cc1ccc(OCC(=O)Nc2cccc(C(=O)O)c2)cc1)c1ccccc1. The number of aromatic carboxylic acids is 1. The third-order valence-electron chi connectivity index (χ3n) is 4.60. The first kappa shape index (κ1) is 20.1. The molecule has 0 heterocycles. The number of carbonyl (C=O) groups is 2. The molecule has 0 aliphatic heterocycles. The van der Waals surface area contributed by atoms with Crippen LogP contribution >= 0.6 is 0 Å². The van der Waals surface area contributed by atoms with E-state index >= 15 is 0 Å². The average Bonchev–Trinajstić information content (AvgIpc) is 2.74. The van der Waals surface area contributed by atoms with Gasteiger partial charge in [-0.3, -0.25) is 4.79 Å². The molecule has 5 nitrogen and oxygen atoms in total. The van der Waals surface area contributed by atoms with Gasteiger partial charge in [0.25, 0.3) is 5.91 Å². The lowest BCUT2D eigenvalue weighted by molar-refractivity contribution is -0.118. The van der Waals surface area contributed by atoms with Crippen molar-refractivity contribution in [1.29, 1.82) is 0 Å². The monoisotopic (exact) mass is 389 g/mol. The summed E-state index contributed by atoms with van der Waals surface area (Å²) in [5, 5.41) is 11.6. The number of hydrogen-bond donors (Lipinski definition) is 2. The molecule has 29 heavy (non-hydrogen) atoms. The van der Waals surface area contributed by atoms with E-state index in [4.69, 9.17) is 9.84 Å². The second kappa shape index (κ2) is 9.55. The van der Waals surface area contributed by atoms with Crippen molar-refractivity contribution in [1.82, 2.24) is 0 Å². The van der Waals surface area contributed by atoms with Crippen LogP contribution in [0.5, 0.6) is 5.75 Å². The molecule has 0 spiro atoms. The van der Waals surface area contributed by atoms with E-state index in [2.05, 4.69) is 24.4 Å². The standard InChI is InChI=1S/C24H23NO4/c1-17(19-6-3-2-4-7-19)14-18-10-12-22(13-11-18)29-16-23(26)25-21-9-5-8-20(15-21)24(27)28/h2-13,15,17H,14,16H2,1H3,(H,25,26)(H,27,28). The van der Waals surface area contributed by atoms with E-state index in [1.165, 1.54) is 23.3 Å². The van der Waals surface area contributed by atoms with Gasteiger partial charge < -0.3 is 15.2 Å². The first-order valence-corrected chi connectivity index (χ1v) is 9.41. The molecule has 1 atom stereocenters. The molecule has 0 saturated carbocycles. The lowest BCUT2D eigenvalue weighted by Gasteiger charge is -2.13. The van der Waals surface area contributed by atoms with Crippen molar-refractivity contribution >= 4 is 17.6 Å². The number of nitrogens with one attached hydrogen (secondary N) is 1. The van der Waals surface area contributed by atoms with Crippen LogP contribution in [-0.2, 0) is 11.2 Å². The van der Waals surface area contributed by atoms with Crippen LogP contribution in [0.15, 0.2) is 78.9 Å². The summed E-state index contributed by atoms with van der Waals surface area (Å²) in [6.07, 6.45) is 0.921. The minimum Gasteiger partial charge on any atom is -0.484 e. The Kier molecular flexibility index (Phi) is 6.63. The lowest BCUT2D eigenvalue weighted by atomic mass is 9.94. The highest BCUT2D eigenvalue weighted by molar-refractivity contribution is 5.94. The molecule has 0 aliphatic carbocycles. The van der Waals surface area contributed by atoms with E-state index in [0.717, 1.165) is 6.42 Å². The number of ether oxygens (including phenoxy) is 1. The minimum absolute atomic E-state index is 0.115. The van der Waals surface area contributed by atoms with Gasteiger partial charge in [0.05, 0.1) is 5.56 Å². The normalized spacial score (nSPS) is 11.5. The number of amides is 1. The predicted octanol–water partition coefficient (Wildman–Crippen LogP) is 4.75. The van der Waals surface area contributed by atoms with Crippen molar-refractivity contribution in [2.75, 3.05) is 11.9 Å². The Morgan fingerprint density at radius 1 is 0.966 bits per heavy atom. The molecule has 1 unspecified atom stereocenters. The Hall–Kier alpha value is -3.60. The molecule has 0 saturated heterocycles. The van der Waals surface area contributed by atoms with E-state index in [9.17, 15) is 9.59 Å². The molecule has 3 rings (SSSR count). The number of rotatable bonds is 8. The fourth-order valence-electron chi connectivity index (χ4n) is 3.05. The Bertz CT molecular complexity index is 968. The zero-order valence-corrected chi connectivity index (χ0v) is 16.2. The fourth-order valence-corrected chi connectivity index (χ4v) is 3.05. The largest absolute Gasteiger partial charge is 0.484 e. The number of benzene rings is 3. The highest BCUT2D eigenvalue weighted by Crippen LogP contribution is 2.21. The van der Waals surface area contributed by atoms with E-state index in [0.29, 0.717) is 17.4 Å². The van der Waals surface area contributed by atoms with Crippen LogP contribution in [0, 0.1) is 0 Å². The number of carbonyl (C=O) groups excluding carboxylic acids is 1. The first-order valence-electron chi connectivity index (χ1n) is 9.41. The van der Waals surface area contributed by atoms with Crippen LogP contribution in [0.25, 0.3) is 0 Å². The van der Waals surface area contributed by atoms with Gasteiger partial charge in [0.2, 0.25) is 0 Å². The van der Waals surface area contributed by atoms with Crippen LogP contribution < -0.4 is 10.1 Å². The van der Waals surface area contributed by atoms with E-state index in [1.54, 1.807) is 12.1 Å². The zero-order chi connectivity index (χ0) is 20.6. The quantitative estimate of drug-likeness (QED) is 0.583. The number of carboxylic acids is 1. The van der Waals surface area contributed by atoms with Gasteiger partial charge in [-0.1, -0.05) is 55.5 Å². The van der Waals surface area contributed by atoms with Gasteiger partial charge in [-0.05, 0) is 53.8 Å². The maximum Gasteiger partial charge on any atom is 0.335 e. The van der Waals surface area contributed by atoms with Crippen molar-refractivity contribution in [2.45, 2.75) is 19.3 Å². The summed E-state index contributed by atoms with van der Waals surface area (Å²) in [4.78, 5) is 23.0. The molecule has 0 fully saturated rings. The highest BCUT2D eigenvalue weighted by Gasteiger charge is 2.09. The summed E-state index contributed by atoms with van der Waals surface area (Å²) in [6.45, 7) is 2.04. The van der Waals surface area contributed by atoms with Crippen molar-refractivity contribution in [3.8, 4) is 5.75 Å². The van der Waals surface area contributed by atoms with Gasteiger partial charge in [-0.25, -0.2) is 4.79 Å². The summed E-state index contributed by atoms with van der Waals surface area (Å²) in [7, 11) is 0. The van der Waals surface area contributed by atoms with Gasteiger partial charge in [0.1, 0.15) is 5.75 Å². The average molecular weight is 389 g/mol. The third kappa shape index (κ3) is 5.94. The van der Waals surface area contributed by atoms with E-state index < -0.39 is 5.97 Å². The Morgan fingerprint density at radius 3 is 2.38 bits per heavy atom. The zero-order valence-electron chi connectivity index (χ0n) is 16.2. The smallest absolute Gasteiger partial charge is 0.335 e. The Labute approximate surface area is 170 Å². The van der Waals surface area contributed by atoms with Crippen LogP contribution in [-0.4, -0.2) is 23.6 Å². The second-order valence-corrected chi connectivity index (χ2v) is 6.88. The molecule has 0 aromatic heterocycles. The molecule has 5 heteroatoms. The Balaban J connectivity index is 1.50. The molecular formula is C24H23NO4. The summed E-state index contributed by atoms with van der Waals surface area (Å²) in [5.74, 6) is -0.376. The summed E-state index contributed by atoms with van der Waals surface area (Å²) >= 11 is 0. The Morgan fingerprint density at radius 2 is 1.69 bits per heavy atom. The van der Waals surface area contributed by atoms with Crippen LogP contribution in [0.1, 0.15) is 34.3 Å². The molecule has 0 radical (unpaired) electrons. The van der Waals surface area contributed by atoms with E-state index in [-0.39, 0.29) is 18.1 Å². The molecular weight excluding hydrogens is 366 g/mol. The molecule has 148 valence electrons.